The van der Waals surface area contributed by atoms with Gasteiger partial charge in [-0.3, -0.25) is 0 Å². The van der Waals surface area contributed by atoms with E-state index in [9.17, 15) is 17.6 Å². The van der Waals surface area contributed by atoms with Crippen LogP contribution in [0.1, 0.15) is 12.8 Å². The molecule has 0 amide bonds. The monoisotopic (exact) mass is 207 g/mol. The van der Waals surface area contributed by atoms with Crippen molar-refractivity contribution < 1.29 is 17.6 Å². The lowest BCUT2D eigenvalue weighted by Gasteiger charge is -2.38. The van der Waals surface area contributed by atoms with Crippen LogP contribution in [0.25, 0.3) is 0 Å². The van der Waals surface area contributed by atoms with E-state index in [4.69, 9.17) is 5.73 Å². The number of halogens is 5. The first kappa shape index (κ1) is 12.0. The molecule has 2 N–H and O–H groups in total. The van der Waals surface area contributed by atoms with Gasteiger partial charge in [0.2, 0.25) is 5.92 Å². The van der Waals surface area contributed by atoms with Crippen molar-refractivity contribution in [2.45, 2.75) is 31.2 Å². The zero-order chi connectivity index (χ0) is 8.65. The second-order valence-corrected chi connectivity index (χ2v) is 2.94. The van der Waals surface area contributed by atoms with Crippen LogP contribution in [0.2, 0.25) is 0 Å². The lowest BCUT2D eigenvalue weighted by molar-refractivity contribution is -0.127. The van der Waals surface area contributed by atoms with E-state index >= 15 is 0 Å². The van der Waals surface area contributed by atoms with Crippen molar-refractivity contribution in [1.82, 2.24) is 0 Å². The molecule has 0 saturated heterocycles. The fraction of sp³-hybridized carbons (Fsp3) is 1.00. The third-order valence-electron chi connectivity index (χ3n) is 1.96. The van der Waals surface area contributed by atoms with Gasteiger partial charge in [0.1, 0.15) is 0 Å². The van der Waals surface area contributed by atoms with Crippen LogP contribution in [0.5, 0.6) is 0 Å². The highest BCUT2D eigenvalue weighted by molar-refractivity contribution is 5.85. The molecule has 6 heteroatoms. The molecule has 0 spiro atoms. The minimum absolute atomic E-state index is 0. The second kappa shape index (κ2) is 3.79. The Morgan fingerprint density at radius 1 is 1.25 bits per heavy atom. The average Bonchev–Trinajstić information content (AvgIpc) is 1.80. The molecule has 1 atom stereocenters. The molecule has 74 valence electrons. The molecule has 0 radical (unpaired) electrons. The Labute approximate surface area is 73.7 Å². The molecule has 0 heterocycles. The zero-order valence-corrected chi connectivity index (χ0v) is 6.96. The molecule has 0 aliphatic heterocycles. The van der Waals surface area contributed by atoms with Gasteiger partial charge < -0.3 is 5.73 Å². The van der Waals surface area contributed by atoms with Crippen LogP contribution in [-0.4, -0.2) is 18.4 Å². The summed E-state index contributed by atoms with van der Waals surface area (Å²) in [6.07, 6.45) is -3.66. The molecular formula is C6H10ClF4N. The third kappa shape index (κ3) is 2.48. The predicted octanol–water partition coefficient (Wildman–Crippen LogP) is 2.05. The molecule has 1 aliphatic carbocycles. The van der Waals surface area contributed by atoms with Crippen molar-refractivity contribution in [3.05, 3.63) is 0 Å². The fourth-order valence-electron chi connectivity index (χ4n) is 1.19. The number of rotatable bonds is 2. The summed E-state index contributed by atoms with van der Waals surface area (Å²) in [5, 5.41) is 0. The first-order valence-corrected chi connectivity index (χ1v) is 3.34. The summed E-state index contributed by atoms with van der Waals surface area (Å²) in [4.78, 5) is 0. The van der Waals surface area contributed by atoms with Crippen LogP contribution in [0, 0.1) is 5.92 Å². The summed E-state index contributed by atoms with van der Waals surface area (Å²) in [5.41, 5.74) is 4.96. The topological polar surface area (TPSA) is 26.0 Å². The molecule has 0 unspecified atom stereocenters. The van der Waals surface area contributed by atoms with E-state index in [1.807, 2.05) is 0 Å². The molecule has 12 heavy (non-hydrogen) atoms. The second-order valence-electron chi connectivity index (χ2n) is 2.94. The van der Waals surface area contributed by atoms with Crippen LogP contribution in [-0.2, 0) is 0 Å². The molecule has 1 rings (SSSR count). The first-order chi connectivity index (χ1) is 4.92. The summed E-state index contributed by atoms with van der Waals surface area (Å²) in [6.45, 7) is 0. The highest BCUT2D eigenvalue weighted by atomic mass is 35.5. The largest absolute Gasteiger partial charge is 0.323 e. The summed E-state index contributed by atoms with van der Waals surface area (Å²) in [6, 6.07) is -1.38. The van der Waals surface area contributed by atoms with Gasteiger partial charge in [0, 0.05) is 12.8 Å². The van der Waals surface area contributed by atoms with Crippen LogP contribution < -0.4 is 5.73 Å². The van der Waals surface area contributed by atoms with Crippen molar-refractivity contribution in [2.24, 2.45) is 11.7 Å². The SMILES string of the molecule is Cl.N[C@H](C(F)F)C1CC(F)(F)C1. The Bertz CT molecular complexity index is 144. The number of alkyl halides is 4. The molecule has 1 saturated carbocycles. The molecule has 0 aromatic rings. The lowest BCUT2D eigenvalue weighted by atomic mass is 9.77. The van der Waals surface area contributed by atoms with Crippen molar-refractivity contribution in [1.29, 1.82) is 0 Å². The van der Waals surface area contributed by atoms with E-state index in [1.54, 1.807) is 0 Å². The standard InChI is InChI=1S/C6H9F4N.ClH/c7-5(8)4(11)3-1-6(9,10)2-3;/h3-5H,1-2,11H2;1H/t4-;/m0./s1. The van der Waals surface area contributed by atoms with E-state index in [-0.39, 0.29) is 12.4 Å². The molecule has 1 aliphatic rings. The van der Waals surface area contributed by atoms with E-state index in [0.717, 1.165) is 0 Å². The molecular weight excluding hydrogens is 198 g/mol. The molecule has 1 fully saturated rings. The highest BCUT2D eigenvalue weighted by Crippen LogP contribution is 2.44. The van der Waals surface area contributed by atoms with E-state index in [2.05, 4.69) is 0 Å². The maximum absolute atomic E-state index is 12.1. The van der Waals surface area contributed by atoms with E-state index in [0.29, 0.717) is 0 Å². The van der Waals surface area contributed by atoms with E-state index in [1.165, 1.54) is 0 Å². The quantitative estimate of drug-likeness (QED) is 0.689. The fourth-order valence-corrected chi connectivity index (χ4v) is 1.19. The van der Waals surface area contributed by atoms with Crippen molar-refractivity contribution in [2.75, 3.05) is 0 Å². The summed E-state index contributed by atoms with van der Waals surface area (Å²) >= 11 is 0. The Morgan fingerprint density at radius 2 is 1.67 bits per heavy atom. The Hall–Kier alpha value is -0.0300. The Morgan fingerprint density at radius 3 is 1.92 bits per heavy atom. The van der Waals surface area contributed by atoms with Crippen molar-refractivity contribution in [3.63, 3.8) is 0 Å². The Balaban J connectivity index is 0.00000121. The smallest absolute Gasteiger partial charge is 0.253 e. The van der Waals surface area contributed by atoms with E-state index < -0.39 is 37.1 Å². The molecule has 0 bridgehead atoms. The first-order valence-electron chi connectivity index (χ1n) is 3.34. The third-order valence-corrected chi connectivity index (χ3v) is 1.96. The van der Waals surface area contributed by atoms with Crippen LogP contribution >= 0.6 is 12.4 Å². The van der Waals surface area contributed by atoms with Crippen molar-refractivity contribution in [3.8, 4) is 0 Å². The lowest BCUT2D eigenvalue weighted by Crippen LogP contribution is -2.48. The van der Waals surface area contributed by atoms with Gasteiger partial charge in [0.25, 0.3) is 6.43 Å². The predicted molar refractivity (Wildman–Crippen MR) is 38.9 cm³/mol. The van der Waals surface area contributed by atoms with Gasteiger partial charge >= 0.3 is 0 Å². The van der Waals surface area contributed by atoms with Crippen LogP contribution in [0.3, 0.4) is 0 Å². The average molecular weight is 208 g/mol. The van der Waals surface area contributed by atoms with Gasteiger partial charge in [-0.15, -0.1) is 12.4 Å². The summed E-state index contributed by atoms with van der Waals surface area (Å²) in [7, 11) is 0. The zero-order valence-electron chi connectivity index (χ0n) is 6.14. The Kier molecular flexibility index (Phi) is 3.78. The normalized spacial score (nSPS) is 24.5. The minimum Gasteiger partial charge on any atom is -0.323 e. The number of nitrogens with two attached hydrogens (primary N) is 1. The maximum Gasteiger partial charge on any atom is 0.253 e. The van der Waals surface area contributed by atoms with Crippen LogP contribution in [0.15, 0.2) is 0 Å². The number of hydrogen-bond acceptors (Lipinski definition) is 1. The van der Waals surface area contributed by atoms with Gasteiger partial charge in [-0.05, 0) is 5.92 Å². The summed E-state index contributed by atoms with van der Waals surface area (Å²) < 4.78 is 47.8. The van der Waals surface area contributed by atoms with Gasteiger partial charge in [-0.2, -0.15) is 0 Å². The van der Waals surface area contributed by atoms with Gasteiger partial charge in [-0.1, -0.05) is 0 Å². The molecule has 0 aromatic carbocycles. The maximum atomic E-state index is 12.1. The van der Waals surface area contributed by atoms with Gasteiger partial charge in [0.15, 0.2) is 0 Å². The molecule has 1 nitrogen and oxygen atoms in total. The van der Waals surface area contributed by atoms with Crippen molar-refractivity contribution >= 4 is 12.4 Å². The molecule has 0 aromatic heterocycles. The van der Waals surface area contributed by atoms with Gasteiger partial charge in [-0.25, -0.2) is 17.6 Å². The highest BCUT2D eigenvalue weighted by Gasteiger charge is 2.49. The minimum atomic E-state index is -2.75. The van der Waals surface area contributed by atoms with Crippen LogP contribution in [0.4, 0.5) is 17.6 Å². The van der Waals surface area contributed by atoms with Gasteiger partial charge in [0.05, 0.1) is 6.04 Å². The number of hydrogen-bond donors (Lipinski definition) is 1. The summed E-state index contributed by atoms with van der Waals surface area (Å²) in [5.74, 6) is -3.46.